The van der Waals surface area contributed by atoms with Gasteiger partial charge in [-0.2, -0.15) is 0 Å². The molecule has 0 unspecified atom stereocenters. The highest BCUT2D eigenvalue weighted by Crippen LogP contribution is 2.42. The molecule has 0 aromatic heterocycles. The number of nitrogens with zero attached hydrogens (tertiary/aromatic N) is 1. The van der Waals surface area contributed by atoms with Crippen molar-refractivity contribution in [1.82, 2.24) is 4.90 Å². The van der Waals surface area contributed by atoms with E-state index in [1.165, 1.54) is 16.7 Å². The Bertz CT molecular complexity index is 915. The second kappa shape index (κ2) is 8.24. The molecule has 0 spiro atoms. The zero-order valence-electron chi connectivity index (χ0n) is 16.3. The van der Waals surface area contributed by atoms with E-state index in [0.29, 0.717) is 0 Å². The number of thioether (sulfide) groups is 1. The summed E-state index contributed by atoms with van der Waals surface area (Å²) in [5.41, 5.74) is 5.87. The van der Waals surface area contributed by atoms with Crippen molar-refractivity contribution >= 4 is 17.7 Å². The minimum Gasteiger partial charge on any atom is -0.325 e. The minimum atomic E-state index is -0.269. The van der Waals surface area contributed by atoms with Crippen molar-refractivity contribution in [1.29, 1.82) is 0 Å². The van der Waals surface area contributed by atoms with Gasteiger partial charge in [-0.05, 0) is 36.1 Å². The second-order valence-electron chi connectivity index (χ2n) is 7.37. The molecule has 3 aromatic carbocycles. The second-order valence-corrected chi connectivity index (χ2v) is 8.56. The summed E-state index contributed by atoms with van der Waals surface area (Å²) < 4.78 is 0. The third-order valence-electron chi connectivity index (χ3n) is 5.38. The number of aryl methyl sites for hydroxylation is 2. The van der Waals surface area contributed by atoms with Crippen LogP contribution in [-0.2, 0) is 4.79 Å². The molecule has 1 fully saturated rings. The molecule has 1 amide bonds. The average Bonchev–Trinajstić information content (AvgIpc) is 3.19. The number of rotatable bonds is 4. The normalized spacial score (nSPS) is 16.5. The maximum absolute atomic E-state index is 13.8. The quantitative estimate of drug-likeness (QED) is 0.571. The lowest BCUT2D eigenvalue weighted by Gasteiger charge is -2.30. The molecule has 3 heteroatoms. The van der Waals surface area contributed by atoms with Crippen LogP contribution in [0.4, 0.5) is 0 Å². The summed E-state index contributed by atoms with van der Waals surface area (Å²) >= 11 is 1.86. The van der Waals surface area contributed by atoms with Gasteiger partial charge in [0.15, 0.2) is 0 Å². The molecule has 142 valence electrons. The summed E-state index contributed by atoms with van der Waals surface area (Å²) in [7, 11) is 0. The lowest BCUT2D eigenvalue weighted by molar-refractivity contribution is -0.132. The maximum atomic E-state index is 13.8. The van der Waals surface area contributed by atoms with E-state index in [4.69, 9.17) is 0 Å². The lowest BCUT2D eigenvalue weighted by Crippen LogP contribution is -2.35. The Morgan fingerprint density at radius 1 is 0.929 bits per heavy atom. The van der Waals surface area contributed by atoms with Crippen molar-refractivity contribution in [3.05, 3.63) is 107 Å². The van der Waals surface area contributed by atoms with Gasteiger partial charge in [-0.25, -0.2) is 0 Å². The number of amides is 1. The highest BCUT2D eigenvalue weighted by molar-refractivity contribution is 7.99. The van der Waals surface area contributed by atoms with Crippen LogP contribution < -0.4 is 0 Å². The van der Waals surface area contributed by atoms with E-state index in [0.717, 1.165) is 23.4 Å². The van der Waals surface area contributed by atoms with E-state index in [9.17, 15) is 4.79 Å². The van der Waals surface area contributed by atoms with Gasteiger partial charge in [0, 0.05) is 12.3 Å². The fraction of sp³-hybridized carbons (Fsp3) is 0.240. The molecule has 3 aromatic rings. The number of carbonyl (C=O) groups is 1. The van der Waals surface area contributed by atoms with Crippen molar-refractivity contribution in [3.63, 3.8) is 0 Å². The van der Waals surface area contributed by atoms with Crippen LogP contribution in [-0.4, -0.2) is 23.1 Å². The molecule has 1 heterocycles. The molecule has 2 nitrogen and oxygen atoms in total. The SMILES string of the molecule is Cc1ccc([C@H]2SCCN2C(=O)C(c2ccccc2)c2ccccc2)c(C)c1. The van der Waals surface area contributed by atoms with Gasteiger partial charge in [0.25, 0.3) is 0 Å². The summed E-state index contributed by atoms with van der Waals surface area (Å²) in [6, 6.07) is 26.8. The first-order chi connectivity index (χ1) is 13.6. The Morgan fingerprint density at radius 2 is 1.54 bits per heavy atom. The Labute approximate surface area is 171 Å². The minimum absolute atomic E-state index is 0.0861. The smallest absolute Gasteiger partial charge is 0.235 e. The van der Waals surface area contributed by atoms with E-state index in [1.807, 2.05) is 48.2 Å². The van der Waals surface area contributed by atoms with Crippen molar-refractivity contribution in [2.75, 3.05) is 12.3 Å². The zero-order chi connectivity index (χ0) is 19.5. The molecule has 0 radical (unpaired) electrons. The molecule has 1 saturated heterocycles. The summed E-state index contributed by atoms with van der Waals surface area (Å²) in [5, 5.41) is 0.0861. The molecular weight excluding hydrogens is 362 g/mol. The summed E-state index contributed by atoms with van der Waals surface area (Å²) in [5.74, 6) is 0.891. The third-order valence-corrected chi connectivity index (χ3v) is 6.62. The number of carbonyl (C=O) groups excluding carboxylic acids is 1. The van der Waals surface area contributed by atoms with Crippen LogP contribution in [0.15, 0.2) is 78.9 Å². The Balaban J connectivity index is 1.72. The monoisotopic (exact) mass is 387 g/mol. The first-order valence-corrected chi connectivity index (χ1v) is 10.8. The average molecular weight is 388 g/mol. The number of hydrogen-bond donors (Lipinski definition) is 0. The van der Waals surface area contributed by atoms with Gasteiger partial charge < -0.3 is 4.90 Å². The van der Waals surface area contributed by atoms with Crippen LogP contribution in [0.1, 0.15) is 39.1 Å². The van der Waals surface area contributed by atoms with E-state index < -0.39 is 0 Å². The predicted molar refractivity (Wildman–Crippen MR) is 118 cm³/mol. The summed E-state index contributed by atoms with van der Waals surface area (Å²) in [4.78, 5) is 15.9. The molecule has 4 rings (SSSR count). The Hall–Kier alpha value is -2.52. The number of hydrogen-bond acceptors (Lipinski definition) is 2. The van der Waals surface area contributed by atoms with Crippen LogP contribution in [0.3, 0.4) is 0 Å². The largest absolute Gasteiger partial charge is 0.325 e. The maximum Gasteiger partial charge on any atom is 0.235 e. The molecule has 1 aliphatic heterocycles. The molecular formula is C25H25NOS. The molecule has 28 heavy (non-hydrogen) atoms. The summed E-state index contributed by atoms with van der Waals surface area (Å²) in [6.45, 7) is 5.05. The topological polar surface area (TPSA) is 20.3 Å². The van der Waals surface area contributed by atoms with Gasteiger partial charge in [0.05, 0.1) is 5.92 Å². The van der Waals surface area contributed by atoms with E-state index in [1.54, 1.807) is 0 Å². The molecule has 0 N–H and O–H groups in total. The fourth-order valence-electron chi connectivity index (χ4n) is 3.99. The van der Waals surface area contributed by atoms with Crippen molar-refractivity contribution in [3.8, 4) is 0 Å². The fourth-order valence-corrected chi connectivity index (χ4v) is 5.35. The van der Waals surface area contributed by atoms with Gasteiger partial charge in [-0.1, -0.05) is 84.4 Å². The van der Waals surface area contributed by atoms with Gasteiger partial charge in [0.2, 0.25) is 5.91 Å². The van der Waals surface area contributed by atoms with Gasteiger partial charge in [-0.3, -0.25) is 4.79 Å². The zero-order valence-corrected chi connectivity index (χ0v) is 17.2. The van der Waals surface area contributed by atoms with Crippen LogP contribution in [0.5, 0.6) is 0 Å². The predicted octanol–water partition coefficient (Wildman–Crippen LogP) is 5.71. The highest BCUT2D eigenvalue weighted by atomic mass is 32.2. The van der Waals surface area contributed by atoms with Crippen LogP contribution in [0, 0.1) is 13.8 Å². The third kappa shape index (κ3) is 3.72. The van der Waals surface area contributed by atoms with Crippen LogP contribution >= 0.6 is 11.8 Å². The molecule has 1 atom stereocenters. The van der Waals surface area contributed by atoms with E-state index in [-0.39, 0.29) is 17.2 Å². The van der Waals surface area contributed by atoms with Crippen molar-refractivity contribution in [2.45, 2.75) is 25.1 Å². The first kappa shape index (κ1) is 18.8. The van der Waals surface area contributed by atoms with E-state index >= 15 is 0 Å². The highest BCUT2D eigenvalue weighted by Gasteiger charge is 2.36. The molecule has 0 bridgehead atoms. The van der Waals surface area contributed by atoms with Crippen LogP contribution in [0.2, 0.25) is 0 Å². The molecule has 1 aliphatic rings. The summed E-state index contributed by atoms with van der Waals surface area (Å²) in [6.07, 6.45) is 0. The Morgan fingerprint density at radius 3 is 2.11 bits per heavy atom. The standard InChI is InChI=1S/C25H25NOS/c1-18-13-14-22(19(2)17-18)25-26(15-16-28-25)24(27)23(20-9-5-3-6-10-20)21-11-7-4-8-12-21/h3-14,17,23,25H,15-16H2,1-2H3/t25-/m1/s1. The van der Waals surface area contributed by atoms with Gasteiger partial charge in [-0.15, -0.1) is 11.8 Å². The number of benzene rings is 3. The van der Waals surface area contributed by atoms with Crippen LogP contribution in [0.25, 0.3) is 0 Å². The molecule has 0 saturated carbocycles. The lowest BCUT2D eigenvalue weighted by atomic mass is 9.89. The molecule has 0 aliphatic carbocycles. The van der Waals surface area contributed by atoms with Crippen molar-refractivity contribution in [2.24, 2.45) is 0 Å². The Kier molecular flexibility index (Phi) is 5.54. The van der Waals surface area contributed by atoms with Crippen molar-refractivity contribution < 1.29 is 4.79 Å². The van der Waals surface area contributed by atoms with Gasteiger partial charge >= 0.3 is 0 Å². The first-order valence-electron chi connectivity index (χ1n) is 9.74. The van der Waals surface area contributed by atoms with Gasteiger partial charge in [0.1, 0.15) is 5.37 Å². The van der Waals surface area contributed by atoms with E-state index in [2.05, 4.69) is 61.2 Å².